The van der Waals surface area contributed by atoms with E-state index in [-0.39, 0.29) is 30.3 Å². The predicted molar refractivity (Wildman–Crippen MR) is 71.9 cm³/mol. The predicted octanol–water partition coefficient (Wildman–Crippen LogP) is 2.31. The van der Waals surface area contributed by atoms with Crippen LogP contribution in [-0.4, -0.2) is 27.9 Å². The van der Waals surface area contributed by atoms with E-state index in [1.54, 1.807) is 32.0 Å². The molecule has 0 atom stereocenters. The Labute approximate surface area is 116 Å². The molecular weight excluding hydrogens is 264 g/mol. The van der Waals surface area contributed by atoms with Crippen LogP contribution in [0.25, 0.3) is 0 Å². The van der Waals surface area contributed by atoms with Crippen molar-refractivity contribution in [3.63, 3.8) is 0 Å². The first kappa shape index (κ1) is 15.6. The number of nitro benzene ring substituents is 1. The van der Waals surface area contributed by atoms with E-state index in [0.29, 0.717) is 5.56 Å². The smallest absolute Gasteiger partial charge is 0.356 e. The Kier molecular flexibility index (Phi) is 5.64. The number of rotatable bonds is 6. The van der Waals surface area contributed by atoms with E-state index in [1.165, 1.54) is 6.07 Å². The van der Waals surface area contributed by atoms with Crippen LogP contribution in [0.1, 0.15) is 25.8 Å². The summed E-state index contributed by atoms with van der Waals surface area (Å²) in [4.78, 5) is 21.9. The summed E-state index contributed by atoms with van der Waals surface area (Å²) in [5, 5.41) is 22.6. The lowest BCUT2D eigenvalue weighted by molar-refractivity contribution is -0.385. The number of para-hydroxylation sites is 1. The summed E-state index contributed by atoms with van der Waals surface area (Å²) in [6.07, 6.45) is -0.0540. The van der Waals surface area contributed by atoms with Crippen LogP contribution >= 0.6 is 0 Å². The molecule has 0 aliphatic heterocycles. The third-order valence-electron chi connectivity index (χ3n) is 2.52. The highest BCUT2D eigenvalue weighted by molar-refractivity contribution is 6.36. The molecule has 7 nitrogen and oxygen atoms in total. The van der Waals surface area contributed by atoms with Crippen molar-refractivity contribution in [2.45, 2.75) is 32.8 Å². The van der Waals surface area contributed by atoms with E-state index in [9.17, 15) is 14.9 Å². The second kappa shape index (κ2) is 7.22. The molecule has 0 aromatic heterocycles. The molecule has 0 bridgehead atoms. The number of carbonyl (C=O) groups is 1. The van der Waals surface area contributed by atoms with Crippen LogP contribution in [0.15, 0.2) is 29.4 Å². The number of nitrogens with zero attached hydrogens (tertiary/aromatic N) is 2. The van der Waals surface area contributed by atoms with Crippen LogP contribution in [0.4, 0.5) is 5.69 Å². The minimum Gasteiger partial charge on any atom is -0.458 e. The standard InChI is InChI=1S/C13H16N2O5/c1-9(2)20-13(16)11(14-17)8-7-10-5-3-4-6-12(10)15(18)19/h3-6,9,17H,7-8H2,1-2H3/b14-11+. The van der Waals surface area contributed by atoms with E-state index in [1.807, 2.05) is 0 Å². The summed E-state index contributed by atoms with van der Waals surface area (Å²) >= 11 is 0. The number of oxime groups is 1. The first-order valence-corrected chi connectivity index (χ1v) is 6.10. The minimum absolute atomic E-state index is 0.0259. The van der Waals surface area contributed by atoms with Crippen molar-refractivity contribution in [1.82, 2.24) is 0 Å². The van der Waals surface area contributed by atoms with E-state index < -0.39 is 10.9 Å². The fraction of sp³-hybridized carbons (Fsp3) is 0.385. The van der Waals surface area contributed by atoms with Crippen molar-refractivity contribution in [3.8, 4) is 0 Å². The third kappa shape index (κ3) is 4.34. The maximum Gasteiger partial charge on any atom is 0.356 e. The molecule has 0 unspecified atom stereocenters. The fourth-order valence-electron chi connectivity index (χ4n) is 1.63. The Morgan fingerprint density at radius 3 is 2.65 bits per heavy atom. The largest absolute Gasteiger partial charge is 0.458 e. The van der Waals surface area contributed by atoms with Gasteiger partial charge in [0.05, 0.1) is 11.0 Å². The Morgan fingerprint density at radius 2 is 2.10 bits per heavy atom. The molecule has 108 valence electrons. The summed E-state index contributed by atoms with van der Waals surface area (Å²) in [6.45, 7) is 3.35. The Bertz CT molecular complexity index is 525. The molecule has 1 aromatic carbocycles. The number of carbonyl (C=O) groups excluding carboxylic acids is 1. The lowest BCUT2D eigenvalue weighted by Crippen LogP contribution is -2.22. The fourth-order valence-corrected chi connectivity index (χ4v) is 1.63. The number of esters is 1. The molecule has 1 aromatic rings. The van der Waals surface area contributed by atoms with Crippen LogP contribution in [0.2, 0.25) is 0 Å². The Balaban J connectivity index is 2.75. The van der Waals surface area contributed by atoms with Gasteiger partial charge in [-0.25, -0.2) is 4.79 Å². The molecule has 1 rings (SSSR count). The molecule has 0 aliphatic rings. The molecule has 7 heteroatoms. The van der Waals surface area contributed by atoms with Crippen molar-refractivity contribution in [1.29, 1.82) is 0 Å². The SMILES string of the molecule is CC(C)OC(=O)/C(CCc1ccccc1[N+](=O)[O-])=N/O. The van der Waals surface area contributed by atoms with Crippen LogP contribution in [0.3, 0.4) is 0 Å². The maximum absolute atomic E-state index is 11.6. The Hall–Kier alpha value is -2.44. The molecule has 0 aliphatic carbocycles. The number of hydrogen-bond donors (Lipinski definition) is 1. The second-order valence-corrected chi connectivity index (χ2v) is 4.39. The van der Waals surface area contributed by atoms with Crippen LogP contribution in [0, 0.1) is 10.1 Å². The highest BCUT2D eigenvalue weighted by Gasteiger charge is 2.18. The van der Waals surface area contributed by atoms with Gasteiger partial charge in [0, 0.05) is 18.1 Å². The molecule has 0 fully saturated rings. The van der Waals surface area contributed by atoms with E-state index >= 15 is 0 Å². The first-order chi connectivity index (χ1) is 9.45. The van der Waals surface area contributed by atoms with Crippen molar-refractivity contribution in [2.24, 2.45) is 5.16 Å². The van der Waals surface area contributed by atoms with E-state index in [0.717, 1.165) is 0 Å². The van der Waals surface area contributed by atoms with Crippen molar-refractivity contribution in [3.05, 3.63) is 39.9 Å². The van der Waals surface area contributed by atoms with Gasteiger partial charge < -0.3 is 9.94 Å². The van der Waals surface area contributed by atoms with Gasteiger partial charge >= 0.3 is 5.97 Å². The first-order valence-electron chi connectivity index (χ1n) is 6.10. The van der Waals surface area contributed by atoms with E-state index in [2.05, 4.69) is 5.16 Å². The van der Waals surface area contributed by atoms with Crippen LogP contribution in [-0.2, 0) is 16.0 Å². The van der Waals surface area contributed by atoms with Gasteiger partial charge in [-0.1, -0.05) is 23.4 Å². The highest BCUT2D eigenvalue weighted by atomic mass is 16.6. The number of benzene rings is 1. The lowest BCUT2D eigenvalue weighted by Gasteiger charge is -2.08. The minimum atomic E-state index is -0.721. The number of hydrogen-bond acceptors (Lipinski definition) is 6. The molecule has 0 saturated carbocycles. The normalized spacial score (nSPS) is 11.4. The number of aryl methyl sites for hydroxylation is 1. The number of nitro groups is 1. The molecule has 0 saturated heterocycles. The van der Waals surface area contributed by atoms with Gasteiger partial charge in [-0.05, 0) is 20.3 Å². The van der Waals surface area contributed by atoms with Gasteiger partial charge in [-0.15, -0.1) is 0 Å². The molecule has 1 N–H and O–H groups in total. The molecule has 0 amide bonds. The van der Waals surface area contributed by atoms with E-state index in [4.69, 9.17) is 9.94 Å². The zero-order valence-corrected chi connectivity index (χ0v) is 11.3. The van der Waals surface area contributed by atoms with Gasteiger partial charge in [-0.2, -0.15) is 0 Å². The average molecular weight is 280 g/mol. The third-order valence-corrected chi connectivity index (χ3v) is 2.52. The van der Waals surface area contributed by atoms with Crippen LogP contribution in [0.5, 0.6) is 0 Å². The van der Waals surface area contributed by atoms with Gasteiger partial charge in [0.15, 0.2) is 5.71 Å². The molecule has 20 heavy (non-hydrogen) atoms. The summed E-state index contributed by atoms with van der Waals surface area (Å²) in [7, 11) is 0. The molecular formula is C13H16N2O5. The quantitative estimate of drug-likeness (QED) is 0.283. The topological polar surface area (TPSA) is 102 Å². The maximum atomic E-state index is 11.6. The van der Waals surface area contributed by atoms with Crippen molar-refractivity contribution in [2.75, 3.05) is 0 Å². The van der Waals surface area contributed by atoms with Gasteiger partial charge in [-0.3, -0.25) is 10.1 Å². The van der Waals surface area contributed by atoms with Crippen molar-refractivity contribution >= 4 is 17.4 Å². The summed E-state index contributed by atoms with van der Waals surface area (Å²) in [6, 6.07) is 6.22. The molecule has 0 spiro atoms. The van der Waals surface area contributed by atoms with Crippen molar-refractivity contribution < 1.29 is 19.7 Å². The highest BCUT2D eigenvalue weighted by Crippen LogP contribution is 2.19. The molecule has 0 radical (unpaired) electrons. The molecule has 0 heterocycles. The van der Waals surface area contributed by atoms with Gasteiger partial charge in [0.25, 0.3) is 5.69 Å². The second-order valence-electron chi connectivity index (χ2n) is 4.39. The summed E-state index contributed by atoms with van der Waals surface area (Å²) < 4.78 is 4.91. The lowest BCUT2D eigenvalue weighted by atomic mass is 10.1. The van der Waals surface area contributed by atoms with Gasteiger partial charge in [0.1, 0.15) is 0 Å². The Morgan fingerprint density at radius 1 is 1.45 bits per heavy atom. The average Bonchev–Trinajstić information content (AvgIpc) is 2.38. The number of ether oxygens (including phenoxy) is 1. The zero-order valence-electron chi connectivity index (χ0n) is 11.3. The van der Waals surface area contributed by atoms with Gasteiger partial charge in [0.2, 0.25) is 0 Å². The summed E-state index contributed by atoms with van der Waals surface area (Å²) in [5.74, 6) is -0.721. The zero-order chi connectivity index (χ0) is 15.1. The monoisotopic (exact) mass is 280 g/mol. The summed E-state index contributed by atoms with van der Waals surface area (Å²) in [5.41, 5.74) is 0.287. The van der Waals surface area contributed by atoms with Crippen LogP contribution < -0.4 is 0 Å².